The molecule has 0 aliphatic heterocycles. The largest absolute Gasteiger partial charge is 0.480 e. The van der Waals surface area contributed by atoms with Crippen molar-refractivity contribution in [2.75, 3.05) is 13.1 Å². The molecule has 2 amide bonds. The Bertz CT molecular complexity index is 322. The van der Waals surface area contributed by atoms with E-state index in [1.54, 1.807) is 0 Å². The molecular formula is C12H20N2O3. The Labute approximate surface area is 101 Å². The van der Waals surface area contributed by atoms with Crippen molar-refractivity contribution < 1.29 is 14.7 Å². The van der Waals surface area contributed by atoms with Crippen LogP contribution in [0.3, 0.4) is 0 Å². The van der Waals surface area contributed by atoms with E-state index in [4.69, 9.17) is 5.11 Å². The highest BCUT2D eigenvalue weighted by molar-refractivity contribution is 5.80. The van der Waals surface area contributed by atoms with E-state index in [-0.39, 0.29) is 18.6 Å². The number of carboxylic acid groups (broad SMARTS) is 1. The third kappa shape index (κ3) is 3.11. The molecule has 0 aromatic heterocycles. The number of rotatable bonds is 6. The monoisotopic (exact) mass is 240 g/mol. The molecule has 2 aliphatic rings. The number of carboxylic acids is 1. The molecule has 2 N–H and O–H groups in total. The van der Waals surface area contributed by atoms with Crippen LogP contribution in [-0.4, -0.2) is 41.1 Å². The van der Waals surface area contributed by atoms with E-state index in [0.29, 0.717) is 12.0 Å². The van der Waals surface area contributed by atoms with Crippen LogP contribution in [0.1, 0.15) is 39.0 Å². The highest BCUT2D eigenvalue weighted by atomic mass is 16.4. The van der Waals surface area contributed by atoms with Gasteiger partial charge in [-0.15, -0.1) is 0 Å². The van der Waals surface area contributed by atoms with Crippen LogP contribution >= 0.6 is 0 Å². The molecule has 0 unspecified atom stereocenters. The van der Waals surface area contributed by atoms with Gasteiger partial charge >= 0.3 is 12.0 Å². The molecule has 0 bridgehead atoms. The lowest BCUT2D eigenvalue weighted by molar-refractivity contribution is -0.137. The first-order valence-corrected chi connectivity index (χ1v) is 6.32. The number of aliphatic carboxylic acids is 1. The number of carbonyl (C=O) groups is 2. The summed E-state index contributed by atoms with van der Waals surface area (Å²) >= 11 is 0. The predicted molar refractivity (Wildman–Crippen MR) is 62.7 cm³/mol. The third-order valence-electron chi connectivity index (χ3n) is 3.88. The van der Waals surface area contributed by atoms with Gasteiger partial charge in [-0.3, -0.25) is 4.79 Å². The zero-order chi connectivity index (χ0) is 12.5. The predicted octanol–water partition coefficient (Wildman–Crippen LogP) is 1.44. The molecule has 5 heteroatoms. The van der Waals surface area contributed by atoms with Crippen molar-refractivity contribution >= 4 is 12.0 Å². The normalized spacial score (nSPS) is 20.8. The van der Waals surface area contributed by atoms with E-state index in [9.17, 15) is 9.59 Å². The van der Waals surface area contributed by atoms with Crippen LogP contribution < -0.4 is 5.32 Å². The number of hydrogen-bond donors (Lipinski definition) is 2. The minimum Gasteiger partial charge on any atom is -0.480 e. The second-order valence-corrected chi connectivity index (χ2v) is 5.27. The zero-order valence-corrected chi connectivity index (χ0v) is 10.2. The van der Waals surface area contributed by atoms with Gasteiger partial charge in [0.25, 0.3) is 0 Å². The van der Waals surface area contributed by atoms with Gasteiger partial charge < -0.3 is 15.3 Å². The Hall–Kier alpha value is -1.26. The minimum absolute atomic E-state index is 0.142. The summed E-state index contributed by atoms with van der Waals surface area (Å²) in [5.74, 6) is -0.941. The fourth-order valence-electron chi connectivity index (χ4n) is 2.10. The summed E-state index contributed by atoms with van der Waals surface area (Å²) in [7, 11) is 0. The molecule has 0 saturated heterocycles. The van der Waals surface area contributed by atoms with Gasteiger partial charge in [0.2, 0.25) is 0 Å². The molecule has 0 atom stereocenters. The average Bonchev–Trinajstić information content (AvgIpc) is 3.16. The summed E-state index contributed by atoms with van der Waals surface area (Å²) in [6, 6.07) is -0.0718. The second kappa shape index (κ2) is 4.55. The fraction of sp³-hybridized carbons (Fsp3) is 0.833. The van der Waals surface area contributed by atoms with Crippen LogP contribution in [0.25, 0.3) is 0 Å². The first-order valence-electron chi connectivity index (χ1n) is 6.32. The van der Waals surface area contributed by atoms with Gasteiger partial charge in [-0.05, 0) is 37.5 Å². The topological polar surface area (TPSA) is 69.6 Å². The Balaban J connectivity index is 1.81. The highest BCUT2D eigenvalue weighted by Crippen LogP contribution is 2.47. The molecule has 2 saturated carbocycles. The molecule has 96 valence electrons. The van der Waals surface area contributed by atoms with Gasteiger partial charge in [-0.2, -0.15) is 0 Å². The summed E-state index contributed by atoms with van der Waals surface area (Å²) in [6.45, 7) is 2.63. The smallest absolute Gasteiger partial charge is 0.323 e. The molecule has 2 fully saturated rings. The molecule has 0 radical (unpaired) electrons. The van der Waals surface area contributed by atoms with E-state index in [1.165, 1.54) is 17.7 Å². The van der Waals surface area contributed by atoms with E-state index >= 15 is 0 Å². The van der Waals surface area contributed by atoms with Crippen LogP contribution in [-0.2, 0) is 4.79 Å². The van der Waals surface area contributed by atoms with Crippen molar-refractivity contribution in [1.82, 2.24) is 10.2 Å². The Morgan fingerprint density at radius 1 is 1.41 bits per heavy atom. The Morgan fingerprint density at radius 3 is 2.47 bits per heavy atom. The van der Waals surface area contributed by atoms with Crippen molar-refractivity contribution in [3.63, 3.8) is 0 Å². The number of amides is 2. The molecule has 0 spiro atoms. The molecule has 0 aromatic carbocycles. The Morgan fingerprint density at radius 2 is 2.06 bits per heavy atom. The van der Waals surface area contributed by atoms with E-state index < -0.39 is 5.97 Å². The first kappa shape index (κ1) is 12.2. The van der Waals surface area contributed by atoms with Gasteiger partial charge in [0.15, 0.2) is 0 Å². The van der Waals surface area contributed by atoms with Crippen molar-refractivity contribution in [3.8, 4) is 0 Å². The quantitative estimate of drug-likeness (QED) is 0.738. The minimum atomic E-state index is -0.941. The summed E-state index contributed by atoms with van der Waals surface area (Å²) < 4.78 is 0. The van der Waals surface area contributed by atoms with Crippen LogP contribution in [0.2, 0.25) is 0 Å². The van der Waals surface area contributed by atoms with Gasteiger partial charge in [0.1, 0.15) is 6.54 Å². The van der Waals surface area contributed by atoms with Crippen LogP contribution in [0.4, 0.5) is 4.79 Å². The lowest BCUT2D eigenvalue weighted by Crippen LogP contribution is -2.45. The Kier molecular flexibility index (Phi) is 3.26. The number of nitrogens with zero attached hydrogens (tertiary/aromatic N) is 1. The van der Waals surface area contributed by atoms with Crippen molar-refractivity contribution in [3.05, 3.63) is 0 Å². The fourth-order valence-corrected chi connectivity index (χ4v) is 2.10. The maximum Gasteiger partial charge on any atom is 0.323 e. The highest BCUT2D eigenvalue weighted by Gasteiger charge is 2.41. The number of nitrogens with one attached hydrogen (secondary N) is 1. The van der Waals surface area contributed by atoms with Gasteiger partial charge in [-0.25, -0.2) is 4.79 Å². The first-order chi connectivity index (χ1) is 8.06. The van der Waals surface area contributed by atoms with E-state index in [2.05, 4.69) is 12.2 Å². The summed E-state index contributed by atoms with van der Waals surface area (Å²) in [5.41, 5.74) is 0.300. The lowest BCUT2D eigenvalue weighted by atomic mass is 10.0. The maximum absolute atomic E-state index is 11.9. The van der Waals surface area contributed by atoms with Crippen molar-refractivity contribution in [2.24, 2.45) is 5.41 Å². The SMILES string of the molecule is CCC1(CNC(=O)N(CC(=O)O)C2CC2)CC1. The number of carbonyl (C=O) groups excluding carboxylic acids is 1. The molecule has 2 aliphatic carbocycles. The second-order valence-electron chi connectivity index (χ2n) is 5.27. The van der Waals surface area contributed by atoms with Crippen molar-refractivity contribution in [2.45, 2.75) is 45.1 Å². The van der Waals surface area contributed by atoms with Crippen LogP contribution in [0.15, 0.2) is 0 Å². The van der Waals surface area contributed by atoms with Gasteiger partial charge in [0.05, 0.1) is 0 Å². The number of hydrogen-bond acceptors (Lipinski definition) is 2. The molecule has 0 heterocycles. The van der Waals surface area contributed by atoms with Crippen LogP contribution in [0.5, 0.6) is 0 Å². The summed E-state index contributed by atoms with van der Waals surface area (Å²) in [5, 5.41) is 11.7. The zero-order valence-electron chi connectivity index (χ0n) is 10.2. The van der Waals surface area contributed by atoms with Crippen LogP contribution in [0, 0.1) is 5.41 Å². The maximum atomic E-state index is 11.9. The average molecular weight is 240 g/mol. The molecule has 0 aromatic rings. The van der Waals surface area contributed by atoms with Gasteiger partial charge in [0, 0.05) is 12.6 Å². The number of urea groups is 1. The summed E-state index contributed by atoms with van der Waals surface area (Å²) in [4.78, 5) is 24.0. The standard InChI is InChI=1S/C12H20N2O3/c1-2-12(5-6-12)8-13-11(17)14(7-10(15)16)9-3-4-9/h9H,2-8H2,1H3,(H,13,17)(H,15,16). The third-order valence-corrected chi connectivity index (χ3v) is 3.88. The van der Waals surface area contributed by atoms with Crippen molar-refractivity contribution in [1.29, 1.82) is 0 Å². The lowest BCUT2D eigenvalue weighted by Gasteiger charge is -2.22. The van der Waals surface area contributed by atoms with Gasteiger partial charge in [-0.1, -0.05) is 6.92 Å². The molecule has 17 heavy (non-hydrogen) atoms. The molecular weight excluding hydrogens is 220 g/mol. The molecule has 2 rings (SSSR count). The van der Waals surface area contributed by atoms with E-state index in [1.807, 2.05) is 0 Å². The molecule has 5 nitrogen and oxygen atoms in total. The van der Waals surface area contributed by atoms with E-state index in [0.717, 1.165) is 19.3 Å². The summed E-state index contributed by atoms with van der Waals surface area (Å²) in [6.07, 6.45) is 5.28.